The number of rotatable bonds is 2. The Hall–Kier alpha value is -0.190. The highest BCUT2D eigenvalue weighted by Crippen LogP contribution is 2.31. The quantitative estimate of drug-likeness (QED) is 0.913. The van der Waals surface area contributed by atoms with E-state index in [1.54, 1.807) is 0 Å². The van der Waals surface area contributed by atoms with Crippen molar-refractivity contribution in [2.75, 3.05) is 0 Å². The molecule has 0 aromatic heterocycles. The van der Waals surface area contributed by atoms with Gasteiger partial charge in [-0.3, -0.25) is 4.21 Å². The van der Waals surface area contributed by atoms with E-state index >= 15 is 0 Å². The molecule has 4 atom stereocenters. The third kappa shape index (κ3) is 2.39. The first-order valence-electron chi connectivity index (χ1n) is 5.51. The van der Waals surface area contributed by atoms with Crippen molar-refractivity contribution in [1.82, 2.24) is 0 Å². The van der Waals surface area contributed by atoms with Gasteiger partial charge >= 0.3 is 0 Å². The van der Waals surface area contributed by atoms with Crippen LogP contribution in [0.25, 0.3) is 0 Å². The molecule has 2 nitrogen and oxygen atoms in total. The lowest BCUT2D eigenvalue weighted by Gasteiger charge is -2.17. The molecule has 1 aliphatic carbocycles. The fraction of sp³-hybridized carbons (Fsp3) is 0.500. The summed E-state index contributed by atoms with van der Waals surface area (Å²) in [6, 6.07) is 7.95. The molecule has 0 bridgehead atoms. The molecule has 1 saturated carbocycles. The van der Waals surface area contributed by atoms with Gasteiger partial charge in [-0.05, 0) is 37.0 Å². The van der Waals surface area contributed by atoms with E-state index in [0.717, 1.165) is 22.2 Å². The van der Waals surface area contributed by atoms with Crippen molar-refractivity contribution in [3.63, 3.8) is 0 Å². The van der Waals surface area contributed by atoms with Crippen molar-refractivity contribution in [1.29, 1.82) is 0 Å². The molecular weight excluding hydrogens is 286 g/mol. The topological polar surface area (TPSA) is 43.1 Å². The number of halogens is 1. The zero-order valence-corrected chi connectivity index (χ0v) is 11.6. The van der Waals surface area contributed by atoms with Gasteiger partial charge in [-0.2, -0.15) is 0 Å². The first kappa shape index (κ1) is 12.3. The maximum absolute atomic E-state index is 12.4. The first-order valence-corrected chi connectivity index (χ1v) is 7.52. The fourth-order valence-corrected chi connectivity index (χ4v) is 4.53. The van der Waals surface area contributed by atoms with Crippen LogP contribution in [0.4, 0.5) is 0 Å². The van der Waals surface area contributed by atoms with Crippen molar-refractivity contribution in [3.05, 3.63) is 28.7 Å². The summed E-state index contributed by atoms with van der Waals surface area (Å²) in [6.07, 6.45) is 1.97. The van der Waals surface area contributed by atoms with E-state index in [9.17, 15) is 4.21 Å². The van der Waals surface area contributed by atoms with Crippen molar-refractivity contribution in [2.45, 2.75) is 36.0 Å². The van der Waals surface area contributed by atoms with Gasteiger partial charge in [0.2, 0.25) is 0 Å². The van der Waals surface area contributed by atoms with Crippen molar-refractivity contribution in [3.8, 4) is 0 Å². The van der Waals surface area contributed by atoms with Crippen LogP contribution >= 0.6 is 15.9 Å². The highest BCUT2D eigenvalue weighted by molar-refractivity contribution is 9.10. The molecule has 2 rings (SSSR count). The standard InChI is InChI=1S/C12H16BrNOS/c1-8-11(14)5-6-12(8)16(15)10-4-2-3-9(13)7-10/h2-4,7-8,11-12H,5-6,14H2,1H3. The minimum Gasteiger partial charge on any atom is -0.327 e. The Kier molecular flexibility index (Phi) is 3.82. The molecule has 88 valence electrons. The molecule has 16 heavy (non-hydrogen) atoms. The zero-order valence-electron chi connectivity index (χ0n) is 9.23. The average molecular weight is 302 g/mol. The summed E-state index contributed by atoms with van der Waals surface area (Å²) >= 11 is 3.41. The third-order valence-electron chi connectivity index (χ3n) is 3.35. The van der Waals surface area contributed by atoms with Gasteiger partial charge in [0.25, 0.3) is 0 Å². The van der Waals surface area contributed by atoms with E-state index in [4.69, 9.17) is 5.73 Å². The highest BCUT2D eigenvalue weighted by atomic mass is 79.9. The molecule has 2 N–H and O–H groups in total. The van der Waals surface area contributed by atoms with E-state index in [2.05, 4.69) is 22.9 Å². The molecule has 1 aromatic rings. The smallest absolute Gasteiger partial charge is 0.0564 e. The summed E-state index contributed by atoms with van der Waals surface area (Å²) in [4.78, 5) is 0.903. The molecule has 1 aliphatic rings. The summed E-state index contributed by atoms with van der Waals surface area (Å²) < 4.78 is 13.4. The maximum atomic E-state index is 12.4. The first-order chi connectivity index (χ1) is 7.59. The monoisotopic (exact) mass is 301 g/mol. The number of nitrogens with two attached hydrogens (primary N) is 1. The predicted molar refractivity (Wildman–Crippen MR) is 70.7 cm³/mol. The minimum atomic E-state index is -0.930. The summed E-state index contributed by atoms with van der Waals surface area (Å²) in [5.41, 5.74) is 5.97. The van der Waals surface area contributed by atoms with Gasteiger partial charge in [0.1, 0.15) is 0 Å². The molecule has 1 fully saturated rings. The lowest BCUT2D eigenvalue weighted by Crippen LogP contribution is -2.29. The Morgan fingerprint density at radius 1 is 1.44 bits per heavy atom. The average Bonchev–Trinajstić information content (AvgIpc) is 2.59. The highest BCUT2D eigenvalue weighted by Gasteiger charge is 2.34. The van der Waals surface area contributed by atoms with Crippen LogP contribution in [-0.4, -0.2) is 15.5 Å². The van der Waals surface area contributed by atoms with Gasteiger partial charge in [-0.15, -0.1) is 0 Å². The Bertz CT molecular complexity index is 410. The molecule has 0 saturated heterocycles. The van der Waals surface area contributed by atoms with E-state index in [1.165, 1.54) is 0 Å². The van der Waals surface area contributed by atoms with E-state index in [0.29, 0.717) is 5.92 Å². The normalized spacial score (nSPS) is 31.6. The lowest BCUT2D eigenvalue weighted by atomic mass is 10.1. The fourth-order valence-electron chi connectivity index (χ4n) is 2.23. The molecule has 0 aliphatic heterocycles. The molecule has 0 heterocycles. The Balaban J connectivity index is 2.20. The third-order valence-corrected chi connectivity index (χ3v) is 5.78. The number of hydrogen-bond acceptors (Lipinski definition) is 2. The molecule has 1 aromatic carbocycles. The van der Waals surface area contributed by atoms with Gasteiger partial charge in [0.15, 0.2) is 0 Å². The van der Waals surface area contributed by atoms with Crippen LogP contribution in [0.5, 0.6) is 0 Å². The Labute approximate surface area is 107 Å². The van der Waals surface area contributed by atoms with Crippen LogP contribution in [0, 0.1) is 5.92 Å². The summed E-state index contributed by atoms with van der Waals surface area (Å²) in [6.45, 7) is 2.11. The van der Waals surface area contributed by atoms with Gasteiger partial charge in [0, 0.05) is 20.7 Å². The zero-order chi connectivity index (χ0) is 11.7. The van der Waals surface area contributed by atoms with Gasteiger partial charge < -0.3 is 5.73 Å². The Morgan fingerprint density at radius 3 is 2.75 bits per heavy atom. The van der Waals surface area contributed by atoms with E-state index in [-0.39, 0.29) is 11.3 Å². The van der Waals surface area contributed by atoms with E-state index in [1.807, 2.05) is 24.3 Å². The summed E-state index contributed by atoms with van der Waals surface area (Å²) in [5, 5.41) is 0.212. The predicted octanol–water partition coefficient (Wildman–Crippen LogP) is 2.68. The SMILES string of the molecule is CC1C(N)CCC1S(=O)c1cccc(Br)c1. The Morgan fingerprint density at radius 2 is 2.19 bits per heavy atom. The molecule has 4 unspecified atom stereocenters. The second-order valence-corrected chi connectivity index (χ2v) is 6.98. The minimum absolute atomic E-state index is 0.209. The number of hydrogen-bond donors (Lipinski definition) is 1. The van der Waals surface area contributed by atoms with Crippen LogP contribution in [0.2, 0.25) is 0 Å². The van der Waals surface area contributed by atoms with Crippen molar-refractivity contribution < 1.29 is 4.21 Å². The lowest BCUT2D eigenvalue weighted by molar-refractivity contribution is 0.526. The molecule has 4 heteroatoms. The van der Waals surface area contributed by atoms with Gasteiger partial charge in [-0.1, -0.05) is 28.9 Å². The molecule has 0 radical (unpaired) electrons. The van der Waals surface area contributed by atoms with Crippen LogP contribution < -0.4 is 5.73 Å². The maximum Gasteiger partial charge on any atom is 0.0564 e. The second kappa shape index (κ2) is 4.98. The second-order valence-electron chi connectivity index (χ2n) is 4.39. The van der Waals surface area contributed by atoms with Crippen LogP contribution in [0.3, 0.4) is 0 Å². The van der Waals surface area contributed by atoms with Crippen molar-refractivity contribution >= 4 is 26.7 Å². The van der Waals surface area contributed by atoms with Crippen LogP contribution in [0.1, 0.15) is 19.8 Å². The van der Waals surface area contributed by atoms with Crippen molar-refractivity contribution in [2.24, 2.45) is 11.7 Å². The number of benzene rings is 1. The molecular formula is C12H16BrNOS. The molecule has 0 amide bonds. The van der Waals surface area contributed by atoms with E-state index < -0.39 is 10.8 Å². The van der Waals surface area contributed by atoms with Crippen LogP contribution in [-0.2, 0) is 10.8 Å². The summed E-state index contributed by atoms with van der Waals surface area (Å²) in [7, 11) is -0.930. The van der Waals surface area contributed by atoms with Crippen LogP contribution in [0.15, 0.2) is 33.6 Å². The molecule has 0 spiro atoms. The van der Waals surface area contributed by atoms with Gasteiger partial charge in [-0.25, -0.2) is 0 Å². The van der Waals surface area contributed by atoms with Gasteiger partial charge in [0.05, 0.1) is 10.8 Å². The largest absolute Gasteiger partial charge is 0.327 e. The summed E-state index contributed by atoms with van der Waals surface area (Å²) in [5.74, 6) is 0.347.